The first kappa shape index (κ1) is 15.8. The summed E-state index contributed by atoms with van der Waals surface area (Å²) in [4.78, 5) is 2.26. The molecular weight excluding hydrogens is 236 g/mol. The van der Waals surface area contributed by atoms with Gasteiger partial charge in [-0.1, -0.05) is 19.9 Å². The van der Waals surface area contributed by atoms with Crippen LogP contribution in [0.25, 0.3) is 0 Å². The highest BCUT2D eigenvalue weighted by atomic mass is 16.5. The van der Waals surface area contributed by atoms with E-state index in [4.69, 9.17) is 10.5 Å². The normalized spacial score (nSPS) is 11.6. The third-order valence-corrected chi connectivity index (χ3v) is 3.76. The summed E-state index contributed by atoms with van der Waals surface area (Å²) in [5.74, 6) is 0.979. The first-order valence-electron chi connectivity index (χ1n) is 6.79. The van der Waals surface area contributed by atoms with E-state index in [9.17, 15) is 0 Å². The molecular formula is C16H28N2O. The Labute approximate surface area is 117 Å². The molecule has 0 radical (unpaired) electrons. The predicted octanol–water partition coefficient (Wildman–Crippen LogP) is 3.04. The van der Waals surface area contributed by atoms with Crippen molar-refractivity contribution in [3.05, 3.63) is 22.8 Å². The second-order valence-electron chi connectivity index (χ2n) is 6.24. The van der Waals surface area contributed by atoms with Crippen LogP contribution in [-0.2, 0) is 0 Å². The fourth-order valence-electron chi connectivity index (χ4n) is 2.55. The smallest absolute Gasteiger partial charge is 0.145 e. The summed E-state index contributed by atoms with van der Waals surface area (Å²) in [7, 11) is 3.85. The first-order valence-corrected chi connectivity index (χ1v) is 6.79. The Morgan fingerprint density at radius 3 is 2.26 bits per heavy atom. The summed E-state index contributed by atoms with van der Waals surface area (Å²) in [5.41, 5.74) is 10.8. The standard InChI is InChI=1S/C16H28N2O/c1-11-8-12(2)14(15(19-7)13(11)3)18(6)10-16(4,5)9-17/h8H,9-10,17H2,1-7H3. The molecule has 0 bridgehead atoms. The molecule has 0 amide bonds. The summed E-state index contributed by atoms with van der Waals surface area (Å²) in [5, 5.41) is 0. The zero-order valence-electron chi connectivity index (χ0n) is 13.4. The van der Waals surface area contributed by atoms with Crippen LogP contribution in [0, 0.1) is 26.2 Å². The number of hydrogen-bond donors (Lipinski definition) is 1. The third kappa shape index (κ3) is 3.41. The van der Waals surface area contributed by atoms with E-state index in [1.165, 1.54) is 22.4 Å². The molecule has 1 rings (SSSR count). The lowest BCUT2D eigenvalue weighted by Gasteiger charge is -2.33. The maximum Gasteiger partial charge on any atom is 0.145 e. The number of nitrogens with zero attached hydrogens (tertiary/aromatic N) is 1. The van der Waals surface area contributed by atoms with Crippen LogP contribution in [0.3, 0.4) is 0 Å². The van der Waals surface area contributed by atoms with Gasteiger partial charge in [-0.2, -0.15) is 0 Å². The molecule has 3 nitrogen and oxygen atoms in total. The molecule has 108 valence electrons. The van der Waals surface area contributed by atoms with E-state index in [0.717, 1.165) is 12.3 Å². The maximum absolute atomic E-state index is 5.84. The molecule has 0 aromatic heterocycles. The van der Waals surface area contributed by atoms with Gasteiger partial charge in [0, 0.05) is 13.6 Å². The Bertz CT molecular complexity index is 453. The highest BCUT2D eigenvalue weighted by molar-refractivity contribution is 5.68. The Kier molecular flexibility index (Phi) is 4.86. The minimum atomic E-state index is 0.0883. The van der Waals surface area contributed by atoms with Crippen LogP contribution in [0.1, 0.15) is 30.5 Å². The van der Waals surface area contributed by atoms with Crippen molar-refractivity contribution >= 4 is 5.69 Å². The second-order valence-corrected chi connectivity index (χ2v) is 6.24. The molecule has 0 aliphatic carbocycles. The summed E-state index contributed by atoms with van der Waals surface area (Å²) in [6.07, 6.45) is 0. The van der Waals surface area contributed by atoms with E-state index in [1.54, 1.807) is 7.11 Å². The third-order valence-electron chi connectivity index (χ3n) is 3.76. The lowest BCUT2D eigenvalue weighted by molar-refractivity contribution is 0.378. The van der Waals surface area contributed by atoms with Crippen molar-refractivity contribution in [2.45, 2.75) is 34.6 Å². The molecule has 19 heavy (non-hydrogen) atoms. The molecule has 1 aromatic rings. The number of benzene rings is 1. The average molecular weight is 264 g/mol. The lowest BCUT2D eigenvalue weighted by Crippen LogP contribution is -2.37. The van der Waals surface area contributed by atoms with Crippen LogP contribution < -0.4 is 15.4 Å². The molecule has 3 heteroatoms. The van der Waals surface area contributed by atoms with Crippen LogP contribution in [-0.4, -0.2) is 27.2 Å². The SMILES string of the molecule is COc1c(C)c(C)cc(C)c1N(C)CC(C)(C)CN. The van der Waals surface area contributed by atoms with E-state index in [2.05, 4.69) is 52.6 Å². The summed E-state index contributed by atoms with van der Waals surface area (Å²) < 4.78 is 5.63. The van der Waals surface area contributed by atoms with Crippen LogP contribution in [0.5, 0.6) is 5.75 Å². The van der Waals surface area contributed by atoms with E-state index >= 15 is 0 Å². The highest BCUT2D eigenvalue weighted by Gasteiger charge is 2.22. The van der Waals surface area contributed by atoms with E-state index in [1.807, 2.05) is 0 Å². The molecule has 0 atom stereocenters. The van der Waals surface area contributed by atoms with Crippen LogP contribution in [0.4, 0.5) is 5.69 Å². The number of rotatable bonds is 5. The van der Waals surface area contributed by atoms with Gasteiger partial charge < -0.3 is 15.4 Å². The van der Waals surface area contributed by atoms with Gasteiger partial charge in [-0.25, -0.2) is 0 Å². The monoisotopic (exact) mass is 264 g/mol. The number of aryl methyl sites for hydroxylation is 2. The van der Waals surface area contributed by atoms with Crippen molar-refractivity contribution in [3.8, 4) is 5.75 Å². The van der Waals surface area contributed by atoms with Gasteiger partial charge >= 0.3 is 0 Å². The van der Waals surface area contributed by atoms with Crippen molar-refractivity contribution in [1.29, 1.82) is 0 Å². The Morgan fingerprint density at radius 2 is 1.79 bits per heavy atom. The molecule has 1 aromatic carbocycles. The van der Waals surface area contributed by atoms with Gasteiger partial charge in [0.2, 0.25) is 0 Å². The Morgan fingerprint density at radius 1 is 1.21 bits per heavy atom. The molecule has 0 saturated carbocycles. The van der Waals surface area contributed by atoms with E-state index < -0.39 is 0 Å². The molecule has 0 saturated heterocycles. The first-order chi connectivity index (χ1) is 8.73. The maximum atomic E-state index is 5.84. The molecule has 0 fully saturated rings. The fraction of sp³-hybridized carbons (Fsp3) is 0.625. The zero-order valence-corrected chi connectivity index (χ0v) is 13.4. The summed E-state index contributed by atoms with van der Waals surface area (Å²) >= 11 is 0. The van der Waals surface area contributed by atoms with E-state index in [-0.39, 0.29) is 5.41 Å². The summed E-state index contributed by atoms with van der Waals surface area (Å²) in [6, 6.07) is 2.22. The molecule has 2 N–H and O–H groups in total. The molecule has 0 aliphatic heterocycles. The van der Waals surface area contributed by atoms with Gasteiger partial charge in [0.1, 0.15) is 5.75 Å². The van der Waals surface area contributed by atoms with Gasteiger partial charge in [-0.05, 0) is 49.4 Å². The number of methoxy groups -OCH3 is 1. The molecule has 0 heterocycles. The summed E-state index contributed by atoms with van der Waals surface area (Å²) in [6.45, 7) is 12.3. The topological polar surface area (TPSA) is 38.5 Å². The van der Waals surface area contributed by atoms with Gasteiger partial charge in [0.15, 0.2) is 0 Å². The fourth-order valence-corrected chi connectivity index (χ4v) is 2.55. The average Bonchev–Trinajstić information content (AvgIpc) is 2.32. The molecule has 0 unspecified atom stereocenters. The van der Waals surface area contributed by atoms with E-state index in [0.29, 0.717) is 6.54 Å². The zero-order chi connectivity index (χ0) is 14.8. The van der Waals surface area contributed by atoms with Gasteiger partial charge in [0.25, 0.3) is 0 Å². The van der Waals surface area contributed by atoms with Crippen molar-refractivity contribution in [2.24, 2.45) is 11.1 Å². The van der Waals surface area contributed by atoms with Crippen LogP contribution in [0.15, 0.2) is 6.07 Å². The van der Waals surface area contributed by atoms with Gasteiger partial charge in [0.05, 0.1) is 12.8 Å². The minimum Gasteiger partial charge on any atom is -0.494 e. The number of nitrogens with two attached hydrogens (primary N) is 1. The second kappa shape index (κ2) is 5.83. The van der Waals surface area contributed by atoms with Crippen molar-refractivity contribution in [1.82, 2.24) is 0 Å². The van der Waals surface area contributed by atoms with Crippen molar-refractivity contribution in [2.75, 3.05) is 32.1 Å². The Balaban J connectivity index is 3.23. The molecule has 0 aliphatic rings. The predicted molar refractivity (Wildman–Crippen MR) is 83.3 cm³/mol. The quantitative estimate of drug-likeness (QED) is 0.888. The minimum absolute atomic E-state index is 0.0883. The number of hydrogen-bond acceptors (Lipinski definition) is 3. The molecule has 0 spiro atoms. The van der Waals surface area contributed by atoms with Crippen molar-refractivity contribution in [3.63, 3.8) is 0 Å². The number of ether oxygens (including phenoxy) is 1. The van der Waals surface area contributed by atoms with Gasteiger partial charge in [-0.15, -0.1) is 0 Å². The van der Waals surface area contributed by atoms with Gasteiger partial charge in [-0.3, -0.25) is 0 Å². The Hall–Kier alpha value is -1.22. The van der Waals surface area contributed by atoms with Crippen LogP contribution in [0.2, 0.25) is 0 Å². The van der Waals surface area contributed by atoms with Crippen molar-refractivity contribution < 1.29 is 4.74 Å². The number of anilines is 1. The van der Waals surface area contributed by atoms with Crippen LogP contribution >= 0.6 is 0 Å². The highest BCUT2D eigenvalue weighted by Crippen LogP contribution is 2.37. The largest absolute Gasteiger partial charge is 0.494 e. The lowest BCUT2D eigenvalue weighted by atomic mass is 9.92.